The lowest BCUT2D eigenvalue weighted by Gasteiger charge is -2.23. The quantitative estimate of drug-likeness (QED) is 0.850. The highest BCUT2D eigenvalue weighted by Crippen LogP contribution is 2.28. The summed E-state index contributed by atoms with van der Waals surface area (Å²) < 4.78 is 26.9. The van der Waals surface area contributed by atoms with Gasteiger partial charge in [-0.1, -0.05) is 0 Å². The highest BCUT2D eigenvalue weighted by molar-refractivity contribution is 7.91. The molecule has 2 saturated heterocycles. The van der Waals surface area contributed by atoms with E-state index >= 15 is 0 Å². The van der Waals surface area contributed by atoms with E-state index in [0.29, 0.717) is 17.3 Å². The highest BCUT2D eigenvalue weighted by Gasteiger charge is 2.29. The maximum Gasteiger partial charge on any atom is 0.252 e. The summed E-state index contributed by atoms with van der Waals surface area (Å²) in [6.45, 7) is 2.98. The predicted octanol–water partition coefficient (Wildman–Crippen LogP) is 0.895. The Labute approximate surface area is 141 Å². The number of likely N-dealkylation sites (N-methyl/N-ethyl adjacent to an activating group) is 1. The van der Waals surface area contributed by atoms with Gasteiger partial charge in [0.15, 0.2) is 0 Å². The lowest BCUT2D eigenvalue weighted by Crippen LogP contribution is -2.39. The van der Waals surface area contributed by atoms with Gasteiger partial charge >= 0.3 is 0 Å². The molecule has 2 aliphatic heterocycles. The van der Waals surface area contributed by atoms with Crippen LogP contribution < -0.4 is 5.32 Å². The molecule has 3 heterocycles. The van der Waals surface area contributed by atoms with E-state index in [9.17, 15) is 13.2 Å². The Balaban J connectivity index is 1.66. The summed E-state index contributed by atoms with van der Waals surface area (Å²) >= 11 is 1.22. The van der Waals surface area contributed by atoms with Crippen molar-refractivity contribution in [3.05, 3.63) is 17.0 Å². The topological polar surface area (TPSA) is 69.7 Å². The van der Waals surface area contributed by atoms with Gasteiger partial charge in [0.1, 0.15) is 4.21 Å². The maximum atomic E-state index is 12.5. The predicted molar refractivity (Wildman–Crippen MR) is 90.1 cm³/mol. The molecule has 2 fully saturated rings. The average molecular weight is 358 g/mol. The van der Waals surface area contributed by atoms with Crippen molar-refractivity contribution in [1.82, 2.24) is 14.5 Å². The first kappa shape index (κ1) is 16.9. The van der Waals surface area contributed by atoms with E-state index in [1.165, 1.54) is 11.3 Å². The van der Waals surface area contributed by atoms with Crippen LogP contribution in [0.2, 0.25) is 0 Å². The van der Waals surface area contributed by atoms with Crippen molar-refractivity contribution in [1.29, 1.82) is 0 Å². The van der Waals surface area contributed by atoms with Crippen LogP contribution in [0.15, 0.2) is 16.3 Å². The third-order valence-corrected chi connectivity index (χ3v) is 8.05. The summed E-state index contributed by atoms with van der Waals surface area (Å²) in [6, 6.07) is 3.65. The molecule has 8 heteroatoms. The van der Waals surface area contributed by atoms with Gasteiger partial charge in [-0.3, -0.25) is 4.79 Å². The molecule has 6 nitrogen and oxygen atoms in total. The summed E-state index contributed by atoms with van der Waals surface area (Å²) in [7, 11) is -1.54. The van der Waals surface area contributed by atoms with E-state index in [-0.39, 0.29) is 18.4 Å². The van der Waals surface area contributed by atoms with Crippen LogP contribution in [0.25, 0.3) is 0 Å². The fourth-order valence-electron chi connectivity index (χ4n) is 3.09. The third kappa shape index (κ3) is 3.60. The molecule has 0 spiro atoms. The molecule has 2 aliphatic rings. The van der Waals surface area contributed by atoms with Gasteiger partial charge in [0.2, 0.25) is 5.91 Å². The first-order valence-electron chi connectivity index (χ1n) is 8.04. The molecule has 1 N–H and O–H groups in total. The molecule has 0 saturated carbocycles. The van der Waals surface area contributed by atoms with Gasteiger partial charge in [-0.15, -0.1) is 11.3 Å². The molecule has 128 valence electrons. The molecule has 23 heavy (non-hydrogen) atoms. The van der Waals surface area contributed by atoms with Gasteiger partial charge in [-0.2, -0.15) is 4.31 Å². The molecule has 0 aliphatic carbocycles. The highest BCUT2D eigenvalue weighted by atomic mass is 32.2. The van der Waals surface area contributed by atoms with Crippen LogP contribution in [-0.2, 0) is 21.2 Å². The number of rotatable bonds is 5. The van der Waals surface area contributed by atoms with Crippen molar-refractivity contribution >= 4 is 27.3 Å². The summed E-state index contributed by atoms with van der Waals surface area (Å²) in [5.41, 5.74) is 0. The molecule has 1 atom stereocenters. The molecule has 3 rings (SSSR count). The maximum absolute atomic E-state index is 12.5. The van der Waals surface area contributed by atoms with Crippen LogP contribution in [0.4, 0.5) is 0 Å². The van der Waals surface area contributed by atoms with Gasteiger partial charge in [0, 0.05) is 37.6 Å². The van der Waals surface area contributed by atoms with Crippen molar-refractivity contribution in [3.8, 4) is 0 Å². The van der Waals surface area contributed by atoms with Gasteiger partial charge in [-0.25, -0.2) is 8.42 Å². The Kier molecular flexibility index (Phi) is 5.05. The van der Waals surface area contributed by atoms with E-state index in [0.717, 1.165) is 37.2 Å². The first-order valence-corrected chi connectivity index (χ1v) is 10.3. The fraction of sp³-hybridized carbons (Fsp3) is 0.667. The standard InChI is InChI=1S/C15H23N3O3S2/c1-17(12-6-7-16-11-12)14(19)10-13-4-5-15(22-13)23(20,21)18-8-2-3-9-18/h4-5,12,16H,2-3,6-11H2,1H3. The minimum Gasteiger partial charge on any atom is -0.341 e. The lowest BCUT2D eigenvalue weighted by atomic mass is 10.2. The first-order chi connectivity index (χ1) is 11.0. The molecular weight excluding hydrogens is 334 g/mol. The van der Waals surface area contributed by atoms with Crippen LogP contribution >= 0.6 is 11.3 Å². The van der Waals surface area contributed by atoms with Gasteiger partial charge in [-0.05, 0) is 37.9 Å². The number of nitrogens with one attached hydrogen (secondary N) is 1. The largest absolute Gasteiger partial charge is 0.341 e. The normalized spacial score (nSPS) is 22.6. The van der Waals surface area contributed by atoms with Crippen LogP contribution in [0, 0.1) is 0 Å². The zero-order valence-corrected chi connectivity index (χ0v) is 15.0. The fourth-order valence-corrected chi connectivity index (χ4v) is 6.11. The summed E-state index contributed by atoms with van der Waals surface area (Å²) in [5.74, 6) is 0.0469. The molecular formula is C15H23N3O3S2. The minimum absolute atomic E-state index is 0.0469. The summed E-state index contributed by atoms with van der Waals surface area (Å²) in [4.78, 5) is 15.0. The molecule has 0 aromatic carbocycles. The van der Waals surface area contributed by atoms with Crippen LogP contribution in [0.5, 0.6) is 0 Å². The van der Waals surface area contributed by atoms with E-state index in [2.05, 4.69) is 5.32 Å². The Morgan fingerprint density at radius 1 is 1.39 bits per heavy atom. The van der Waals surface area contributed by atoms with E-state index in [1.54, 1.807) is 21.3 Å². The number of amides is 1. The van der Waals surface area contributed by atoms with E-state index < -0.39 is 10.0 Å². The average Bonchev–Trinajstić information content (AvgIpc) is 3.26. The van der Waals surface area contributed by atoms with Gasteiger partial charge < -0.3 is 10.2 Å². The van der Waals surface area contributed by atoms with E-state index in [1.807, 2.05) is 7.05 Å². The smallest absolute Gasteiger partial charge is 0.252 e. The Morgan fingerprint density at radius 2 is 2.13 bits per heavy atom. The Hall–Kier alpha value is -0.960. The second-order valence-corrected chi connectivity index (χ2v) is 9.49. The molecule has 0 bridgehead atoms. The molecule has 1 aromatic heterocycles. The zero-order valence-electron chi connectivity index (χ0n) is 13.3. The van der Waals surface area contributed by atoms with E-state index in [4.69, 9.17) is 0 Å². The molecule has 1 aromatic rings. The Morgan fingerprint density at radius 3 is 2.78 bits per heavy atom. The van der Waals surface area contributed by atoms with Crippen molar-refractivity contribution in [2.45, 2.75) is 35.9 Å². The second-order valence-electron chi connectivity index (χ2n) is 6.16. The molecule has 0 radical (unpaired) electrons. The molecule has 1 amide bonds. The van der Waals surface area contributed by atoms with Crippen molar-refractivity contribution < 1.29 is 13.2 Å². The SMILES string of the molecule is CN(C(=O)Cc1ccc(S(=O)(=O)N2CCCC2)s1)C1CCNC1. The number of sulfonamides is 1. The Bertz CT molecular complexity index is 659. The summed E-state index contributed by atoms with van der Waals surface area (Å²) in [5, 5.41) is 3.25. The minimum atomic E-state index is -3.37. The van der Waals surface area contributed by atoms with Crippen LogP contribution in [0.3, 0.4) is 0 Å². The van der Waals surface area contributed by atoms with Crippen molar-refractivity contribution in [2.75, 3.05) is 33.2 Å². The zero-order chi connectivity index (χ0) is 16.4. The van der Waals surface area contributed by atoms with Crippen molar-refractivity contribution in [3.63, 3.8) is 0 Å². The summed E-state index contributed by atoms with van der Waals surface area (Å²) in [6.07, 6.45) is 3.10. The van der Waals surface area contributed by atoms with Gasteiger partial charge in [0.25, 0.3) is 10.0 Å². The second kappa shape index (κ2) is 6.88. The third-order valence-electron chi connectivity index (χ3n) is 4.60. The lowest BCUT2D eigenvalue weighted by molar-refractivity contribution is -0.130. The van der Waals surface area contributed by atoms with Crippen molar-refractivity contribution in [2.24, 2.45) is 0 Å². The number of nitrogens with zero attached hydrogens (tertiary/aromatic N) is 2. The van der Waals surface area contributed by atoms with Gasteiger partial charge in [0.05, 0.1) is 6.42 Å². The number of carbonyl (C=O) groups excluding carboxylic acids is 1. The number of carbonyl (C=O) groups is 1. The number of hydrogen-bond acceptors (Lipinski definition) is 5. The number of hydrogen-bond donors (Lipinski definition) is 1. The number of thiophene rings is 1. The molecule has 1 unspecified atom stereocenters. The monoisotopic (exact) mass is 357 g/mol. The van der Waals surface area contributed by atoms with Crippen LogP contribution in [-0.4, -0.2) is 62.8 Å². The van der Waals surface area contributed by atoms with Crippen LogP contribution in [0.1, 0.15) is 24.1 Å².